The van der Waals surface area contributed by atoms with Crippen LogP contribution in [0.25, 0.3) is 0 Å². The standard InChI is InChI=1S/C11H14N2O5S/c1-3-17-10(15)7-5-12-8(19-7)6-13-9(14)11(16)18-4-2/h5H,3-4,6H2,1-2H3,(H,13,14). The summed E-state index contributed by atoms with van der Waals surface area (Å²) in [7, 11) is 0. The average Bonchev–Trinajstić information content (AvgIpc) is 2.85. The molecular formula is C11H14N2O5S. The van der Waals surface area contributed by atoms with Crippen LogP contribution in [0, 0.1) is 0 Å². The largest absolute Gasteiger partial charge is 0.462 e. The molecule has 0 unspecified atom stereocenters. The fourth-order valence-corrected chi connectivity index (χ4v) is 1.86. The molecule has 0 fully saturated rings. The van der Waals surface area contributed by atoms with E-state index in [0.29, 0.717) is 9.88 Å². The Bertz CT molecular complexity index is 471. The summed E-state index contributed by atoms with van der Waals surface area (Å²) in [6, 6.07) is 0. The van der Waals surface area contributed by atoms with E-state index < -0.39 is 17.8 Å². The Labute approximate surface area is 113 Å². The van der Waals surface area contributed by atoms with Crippen molar-refractivity contribution in [1.29, 1.82) is 0 Å². The van der Waals surface area contributed by atoms with Crippen LogP contribution in [-0.4, -0.2) is 36.0 Å². The molecule has 0 radical (unpaired) electrons. The first-order valence-electron chi connectivity index (χ1n) is 5.65. The van der Waals surface area contributed by atoms with Gasteiger partial charge in [-0.3, -0.25) is 4.79 Å². The Morgan fingerprint density at radius 3 is 2.58 bits per heavy atom. The van der Waals surface area contributed by atoms with Gasteiger partial charge in [0.25, 0.3) is 0 Å². The summed E-state index contributed by atoms with van der Waals surface area (Å²) in [6.45, 7) is 3.79. The second kappa shape index (κ2) is 7.47. The summed E-state index contributed by atoms with van der Waals surface area (Å²) in [4.78, 5) is 38.0. The molecule has 0 aliphatic heterocycles. The number of nitrogens with one attached hydrogen (secondary N) is 1. The fourth-order valence-electron chi connectivity index (χ4n) is 1.11. The maximum Gasteiger partial charge on any atom is 0.396 e. The number of thiazole rings is 1. The smallest absolute Gasteiger partial charge is 0.396 e. The van der Waals surface area contributed by atoms with E-state index in [2.05, 4.69) is 15.0 Å². The molecule has 104 valence electrons. The van der Waals surface area contributed by atoms with Gasteiger partial charge < -0.3 is 14.8 Å². The average molecular weight is 286 g/mol. The summed E-state index contributed by atoms with van der Waals surface area (Å²) < 4.78 is 9.33. The van der Waals surface area contributed by atoms with Gasteiger partial charge in [-0.25, -0.2) is 14.6 Å². The topological polar surface area (TPSA) is 94.6 Å². The quantitative estimate of drug-likeness (QED) is 0.625. The SMILES string of the molecule is CCOC(=O)C(=O)NCc1ncc(C(=O)OCC)s1. The fraction of sp³-hybridized carbons (Fsp3) is 0.455. The Hall–Kier alpha value is -1.96. The van der Waals surface area contributed by atoms with Gasteiger partial charge in [0.15, 0.2) is 0 Å². The van der Waals surface area contributed by atoms with Crippen molar-refractivity contribution in [3.8, 4) is 0 Å². The predicted octanol–water partition coefficient (Wildman–Crippen LogP) is 0.499. The van der Waals surface area contributed by atoms with Gasteiger partial charge in [-0.1, -0.05) is 0 Å². The van der Waals surface area contributed by atoms with Gasteiger partial charge >= 0.3 is 17.8 Å². The van der Waals surface area contributed by atoms with Crippen molar-refractivity contribution in [2.75, 3.05) is 13.2 Å². The molecule has 19 heavy (non-hydrogen) atoms. The Balaban J connectivity index is 2.48. The predicted molar refractivity (Wildman–Crippen MR) is 66.6 cm³/mol. The van der Waals surface area contributed by atoms with Crippen molar-refractivity contribution in [2.45, 2.75) is 20.4 Å². The zero-order valence-corrected chi connectivity index (χ0v) is 11.4. The highest BCUT2D eigenvalue weighted by Gasteiger charge is 2.16. The van der Waals surface area contributed by atoms with Crippen molar-refractivity contribution in [2.24, 2.45) is 0 Å². The Kier molecular flexibility index (Phi) is 5.94. The van der Waals surface area contributed by atoms with Crippen LogP contribution in [0.1, 0.15) is 28.5 Å². The molecule has 1 aromatic heterocycles. The van der Waals surface area contributed by atoms with Gasteiger partial charge in [-0.05, 0) is 13.8 Å². The minimum atomic E-state index is -0.940. The third kappa shape index (κ3) is 4.66. The third-order valence-electron chi connectivity index (χ3n) is 1.89. The molecule has 1 N–H and O–H groups in total. The summed E-state index contributed by atoms with van der Waals surface area (Å²) >= 11 is 1.10. The molecule has 1 amide bonds. The molecule has 1 rings (SSSR count). The molecule has 0 saturated heterocycles. The lowest BCUT2D eigenvalue weighted by Gasteiger charge is -2.01. The molecule has 0 bridgehead atoms. The minimum Gasteiger partial charge on any atom is -0.462 e. The van der Waals surface area contributed by atoms with E-state index in [1.165, 1.54) is 6.20 Å². The van der Waals surface area contributed by atoms with Crippen molar-refractivity contribution < 1.29 is 23.9 Å². The Morgan fingerprint density at radius 2 is 1.95 bits per heavy atom. The number of hydrogen-bond acceptors (Lipinski definition) is 7. The lowest BCUT2D eigenvalue weighted by atomic mass is 10.5. The zero-order valence-electron chi connectivity index (χ0n) is 10.6. The highest BCUT2D eigenvalue weighted by molar-refractivity contribution is 7.13. The summed E-state index contributed by atoms with van der Waals surface area (Å²) in [6.07, 6.45) is 1.37. The van der Waals surface area contributed by atoms with Gasteiger partial charge in [-0.2, -0.15) is 0 Å². The number of amides is 1. The summed E-state index contributed by atoms with van der Waals surface area (Å²) in [5.41, 5.74) is 0. The van der Waals surface area contributed by atoms with Crippen LogP contribution in [0.15, 0.2) is 6.20 Å². The van der Waals surface area contributed by atoms with Crippen molar-refractivity contribution >= 4 is 29.2 Å². The maximum absolute atomic E-state index is 11.4. The second-order valence-corrected chi connectivity index (χ2v) is 4.36. The highest BCUT2D eigenvalue weighted by Crippen LogP contribution is 2.13. The zero-order chi connectivity index (χ0) is 14.3. The van der Waals surface area contributed by atoms with E-state index in [0.717, 1.165) is 11.3 Å². The summed E-state index contributed by atoms with van der Waals surface area (Å²) in [5, 5.41) is 2.85. The monoisotopic (exact) mass is 286 g/mol. The maximum atomic E-state index is 11.4. The number of rotatable bonds is 5. The lowest BCUT2D eigenvalue weighted by Crippen LogP contribution is -2.31. The molecular weight excluding hydrogens is 272 g/mol. The highest BCUT2D eigenvalue weighted by atomic mass is 32.1. The second-order valence-electron chi connectivity index (χ2n) is 3.24. The molecule has 0 saturated carbocycles. The van der Waals surface area contributed by atoms with Crippen molar-refractivity contribution in [3.63, 3.8) is 0 Å². The van der Waals surface area contributed by atoms with Crippen LogP contribution in [0.2, 0.25) is 0 Å². The number of nitrogens with zero attached hydrogens (tertiary/aromatic N) is 1. The van der Waals surface area contributed by atoms with Crippen LogP contribution in [0.5, 0.6) is 0 Å². The van der Waals surface area contributed by atoms with E-state index in [1.807, 2.05) is 0 Å². The summed E-state index contributed by atoms with van der Waals surface area (Å²) in [5.74, 6) is -2.23. The van der Waals surface area contributed by atoms with Crippen LogP contribution >= 0.6 is 11.3 Å². The van der Waals surface area contributed by atoms with Crippen molar-refractivity contribution in [3.05, 3.63) is 16.1 Å². The van der Waals surface area contributed by atoms with Gasteiger partial charge in [0, 0.05) is 0 Å². The number of aromatic nitrogens is 1. The molecule has 1 heterocycles. The number of carbonyl (C=O) groups is 3. The van der Waals surface area contributed by atoms with Crippen LogP contribution in [0.3, 0.4) is 0 Å². The van der Waals surface area contributed by atoms with Crippen LogP contribution in [0.4, 0.5) is 0 Å². The van der Waals surface area contributed by atoms with Gasteiger partial charge in [0.2, 0.25) is 0 Å². The van der Waals surface area contributed by atoms with E-state index in [4.69, 9.17) is 4.74 Å². The van der Waals surface area contributed by atoms with Gasteiger partial charge in [0.05, 0.1) is 26.0 Å². The van der Waals surface area contributed by atoms with Crippen LogP contribution in [-0.2, 0) is 25.6 Å². The van der Waals surface area contributed by atoms with E-state index >= 15 is 0 Å². The van der Waals surface area contributed by atoms with E-state index in [9.17, 15) is 14.4 Å². The van der Waals surface area contributed by atoms with E-state index in [-0.39, 0.29) is 19.8 Å². The number of carbonyl (C=O) groups excluding carboxylic acids is 3. The molecule has 1 aromatic rings. The number of hydrogen-bond donors (Lipinski definition) is 1. The van der Waals surface area contributed by atoms with Gasteiger partial charge in [-0.15, -0.1) is 11.3 Å². The lowest BCUT2D eigenvalue weighted by molar-refractivity contribution is -0.154. The minimum absolute atomic E-state index is 0.0573. The van der Waals surface area contributed by atoms with Crippen molar-refractivity contribution in [1.82, 2.24) is 10.3 Å². The third-order valence-corrected chi connectivity index (χ3v) is 2.87. The molecule has 7 nitrogen and oxygen atoms in total. The first-order valence-corrected chi connectivity index (χ1v) is 6.46. The molecule has 8 heteroatoms. The number of ether oxygens (including phenoxy) is 2. The molecule has 0 aliphatic carbocycles. The molecule has 0 atom stereocenters. The normalized spacial score (nSPS) is 9.79. The van der Waals surface area contributed by atoms with Crippen LogP contribution < -0.4 is 5.32 Å². The molecule has 0 aromatic carbocycles. The Morgan fingerprint density at radius 1 is 1.26 bits per heavy atom. The molecule has 0 aliphatic rings. The van der Waals surface area contributed by atoms with Gasteiger partial charge in [0.1, 0.15) is 9.88 Å². The van der Waals surface area contributed by atoms with E-state index in [1.54, 1.807) is 13.8 Å². The first kappa shape index (κ1) is 15.1. The number of esters is 2. The molecule has 0 spiro atoms. The first-order chi connectivity index (χ1) is 9.08.